The smallest absolute Gasteiger partial charge is 0.134 e. The summed E-state index contributed by atoms with van der Waals surface area (Å²) in [5.74, 6) is 2.35. The van der Waals surface area contributed by atoms with Crippen molar-refractivity contribution >= 4 is 5.82 Å². The van der Waals surface area contributed by atoms with Crippen LogP contribution in [0.15, 0.2) is 0 Å². The van der Waals surface area contributed by atoms with Crippen molar-refractivity contribution < 1.29 is 0 Å². The van der Waals surface area contributed by atoms with Crippen LogP contribution in [0.3, 0.4) is 0 Å². The van der Waals surface area contributed by atoms with Crippen LogP contribution in [0.25, 0.3) is 0 Å². The van der Waals surface area contributed by atoms with Crippen molar-refractivity contribution in [1.29, 1.82) is 0 Å². The average molecular weight is 203 g/mol. The fourth-order valence-corrected chi connectivity index (χ4v) is 2.85. The Morgan fingerprint density at radius 2 is 1.80 bits per heavy atom. The molecule has 1 heterocycles. The Morgan fingerprint density at radius 3 is 2.60 bits per heavy atom. The standard InChI is InChI=1S/C12H17N3/c13-11-9-6-3-7-10(9)14-12(15-11)8-4-1-2-5-8/h8H,1-7H2,(H2,13,14,15). The fourth-order valence-electron chi connectivity index (χ4n) is 2.85. The van der Waals surface area contributed by atoms with Gasteiger partial charge in [0.1, 0.15) is 11.6 Å². The minimum atomic E-state index is 0.582. The van der Waals surface area contributed by atoms with Crippen LogP contribution < -0.4 is 5.73 Å². The van der Waals surface area contributed by atoms with E-state index in [0.717, 1.165) is 24.5 Å². The summed E-state index contributed by atoms with van der Waals surface area (Å²) in [5, 5.41) is 0. The molecule has 1 fully saturated rings. The maximum atomic E-state index is 5.99. The first-order chi connectivity index (χ1) is 7.34. The van der Waals surface area contributed by atoms with Gasteiger partial charge in [0.05, 0.1) is 0 Å². The van der Waals surface area contributed by atoms with E-state index >= 15 is 0 Å². The van der Waals surface area contributed by atoms with Gasteiger partial charge in [0.2, 0.25) is 0 Å². The van der Waals surface area contributed by atoms with Gasteiger partial charge in [0.25, 0.3) is 0 Å². The molecule has 2 N–H and O–H groups in total. The molecule has 0 unspecified atom stereocenters. The third-order valence-electron chi connectivity index (χ3n) is 3.70. The second-order valence-electron chi connectivity index (χ2n) is 4.73. The lowest BCUT2D eigenvalue weighted by molar-refractivity contribution is 0.663. The van der Waals surface area contributed by atoms with Gasteiger partial charge in [-0.05, 0) is 32.1 Å². The molecule has 80 valence electrons. The Kier molecular flexibility index (Phi) is 2.11. The van der Waals surface area contributed by atoms with Crippen LogP contribution in [0, 0.1) is 0 Å². The van der Waals surface area contributed by atoms with Gasteiger partial charge in [-0.1, -0.05) is 12.8 Å². The van der Waals surface area contributed by atoms with Crippen molar-refractivity contribution in [1.82, 2.24) is 9.97 Å². The molecule has 1 saturated carbocycles. The zero-order valence-electron chi connectivity index (χ0n) is 9.00. The zero-order valence-corrected chi connectivity index (χ0v) is 9.00. The molecule has 0 bridgehead atoms. The van der Waals surface area contributed by atoms with Crippen LogP contribution in [0.4, 0.5) is 5.82 Å². The number of aryl methyl sites for hydroxylation is 1. The molecule has 2 aliphatic carbocycles. The molecule has 1 aromatic heterocycles. The summed E-state index contributed by atoms with van der Waals surface area (Å²) in [7, 11) is 0. The van der Waals surface area contributed by atoms with Crippen molar-refractivity contribution in [2.24, 2.45) is 0 Å². The number of rotatable bonds is 1. The number of fused-ring (bicyclic) bond motifs is 1. The highest BCUT2D eigenvalue weighted by Crippen LogP contribution is 2.34. The second-order valence-corrected chi connectivity index (χ2v) is 4.73. The Bertz CT molecular complexity index is 381. The summed E-state index contributed by atoms with van der Waals surface area (Å²) in [6.07, 6.45) is 8.52. The summed E-state index contributed by atoms with van der Waals surface area (Å²) < 4.78 is 0. The molecular formula is C12H17N3. The second kappa shape index (κ2) is 3.47. The number of hydrogen-bond donors (Lipinski definition) is 1. The number of aromatic nitrogens is 2. The molecule has 0 spiro atoms. The molecule has 1 aromatic rings. The number of nitrogens with zero attached hydrogens (tertiary/aromatic N) is 2. The summed E-state index contributed by atoms with van der Waals surface area (Å²) in [6.45, 7) is 0. The Morgan fingerprint density at radius 1 is 1.00 bits per heavy atom. The van der Waals surface area contributed by atoms with Crippen LogP contribution in [0.5, 0.6) is 0 Å². The molecule has 0 amide bonds. The van der Waals surface area contributed by atoms with E-state index in [1.165, 1.54) is 43.4 Å². The van der Waals surface area contributed by atoms with Crippen LogP contribution >= 0.6 is 0 Å². The predicted molar refractivity (Wildman–Crippen MR) is 59.7 cm³/mol. The lowest BCUT2D eigenvalue weighted by atomic mass is 10.1. The third-order valence-corrected chi connectivity index (χ3v) is 3.70. The quantitative estimate of drug-likeness (QED) is 0.761. The largest absolute Gasteiger partial charge is 0.383 e. The molecule has 3 nitrogen and oxygen atoms in total. The lowest BCUT2D eigenvalue weighted by Gasteiger charge is -2.10. The lowest BCUT2D eigenvalue weighted by Crippen LogP contribution is -2.08. The van der Waals surface area contributed by atoms with Crippen molar-refractivity contribution in [2.45, 2.75) is 50.9 Å². The first-order valence-corrected chi connectivity index (χ1v) is 6.00. The SMILES string of the molecule is Nc1nc(C2CCCC2)nc2c1CCC2. The molecule has 0 aromatic carbocycles. The highest BCUT2D eigenvalue weighted by Gasteiger charge is 2.24. The number of nitrogen functional groups attached to an aromatic ring is 1. The van der Waals surface area contributed by atoms with E-state index in [2.05, 4.69) is 4.98 Å². The van der Waals surface area contributed by atoms with Gasteiger partial charge < -0.3 is 5.73 Å². The zero-order chi connectivity index (χ0) is 10.3. The van der Waals surface area contributed by atoms with Crippen molar-refractivity contribution in [3.63, 3.8) is 0 Å². The number of anilines is 1. The highest BCUT2D eigenvalue weighted by atomic mass is 15.0. The third kappa shape index (κ3) is 1.50. The van der Waals surface area contributed by atoms with Gasteiger partial charge in [-0.25, -0.2) is 9.97 Å². The van der Waals surface area contributed by atoms with E-state index in [4.69, 9.17) is 10.7 Å². The van der Waals surface area contributed by atoms with E-state index < -0.39 is 0 Å². The van der Waals surface area contributed by atoms with Crippen LogP contribution in [0.2, 0.25) is 0 Å². The van der Waals surface area contributed by atoms with Gasteiger partial charge in [-0.2, -0.15) is 0 Å². The van der Waals surface area contributed by atoms with Gasteiger partial charge >= 0.3 is 0 Å². The maximum Gasteiger partial charge on any atom is 0.134 e. The van der Waals surface area contributed by atoms with E-state index in [-0.39, 0.29) is 0 Å². The van der Waals surface area contributed by atoms with Gasteiger partial charge in [0.15, 0.2) is 0 Å². The number of nitrogens with two attached hydrogens (primary N) is 1. The van der Waals surface area contributed by atoms with Crippen LogP contribution in [-0.2, 0) is 12.8 Å². The number of hydrogen-bond acceptors (Lipinski definition) is 3. The topological polar surface area (TPSA) is 51.8 Å². The first kappa shape index (κ1) is 9.13. The van der Waals surface area contributed by atoms with Crippen LogP contribution in [0.1, 0.15) is 55.1 Å². The molecular weight excluding hydrogens is 186 g/mol. The summed E-state index contributed by atoms with van der Waals surface area (Å²) in [6, 6.07) is 0. The van der Waals surface area contributed by atoms with E-state index in [1.807, 2.05) is 0 Å². The normalized spacial score (nSPS) is 20.8. The summed E-state index contributed by atoms with van der Waals surface area (Å²) in [4.78, 5) is 9.20. The average Bonchev–Trinajstić information content (AvgIpc) is 2.88. The Hall–Kier alpha value is -1.12. The Balaban J connectivity index is 1.99. The Labute approximate surface area is 90.1 Å². The molecule has 15 heavy (non-hydrogen) atoms. The van der Waals surface area contributed by atoms with E-state index in [1.54, 1.807) is 0 Å². The minimum absolute atomic E-state index is 0.582. The van der Waals surface area contributed by atoms with Crippen LogP contribution in [-0.4, -0.2) is 9.97 Å². The van der Waals surface area contributed by atoms with E-state index in [9.17, 15) is 0 Å². The summed E-state index contributed by atoms with van der Waals surface area (Å²) >= 11 is 0. The molecule has 0 aliphatic heterocycles. The monoisotopic (exact) mass is 203 g/mol. The molecule has 2 aliphatic rings. The van der Waals surface area contributed by atoms with Gasteiger partial charge in [-0.15, -0.1) is 0 Å². The molecule has 0 atom stereocenters. The van der Waals surface area contributed by atoms with Crippen molar-refractivity contribution in [2.75, 3.05) is 5.73 Å². The summed E-state index contributed by atoms with van der Waals surface area (Å²) in [5.41, 5.74) is 8.43. The molecule has 0 saturated heterocycles. The molecule has 0 radical (unpaired) electrons. The van der Waals surface area contributed by atoms with Crippen molar-refractivity contribution in [3.05, 3.63) is 17.1 Å². The highest BCUT2D eigenvalue weighted by molar-refractivity contribution is 5.45. The molecule has 3 rings (SSSR count). The molecule has 3 heteroatoms. The first-order valence-electron chi connectivity index (χ1n) is 6.00. The fraction of sp³-hybridized carbons (Fsp3) is 0.667. The van der Waals surface area contributed by atoms with E-state index in [0.29, 0.717) is 5.92 Å². The van der Waals surface area contributed by atoms with Gasteiger partial charge in [-0.3, -0.25) is 0 Å². The predicted octanol–water partition coefficient (Wildman–Crippen LogP) is 2.21. The van der Waals surface area contributed by atoms with Crippen molar-refractivity contribution in [3.8, 4) is 0 Å². The van der Waals surface area contributed by atoms with Gasteiger partial charge in [0, 0.05) is 17.2 Å². The maximum absolute atomic E-state index is 5.99. The minimum Gasteiger partial charge on any atom is -0.383 e.